The summed E-state index contributed by atoms with van der Waals surface area (Å²) in [5.74, 6) is 0.125. The molecule has 0 unspecified atom stereocenters. The monoisotopic (exact) mass is 364 g/mol. The Balaban J connectivity index is 1.56. The van der Waals surface area contributed by atoms with E-state index >= 15 is 0 Å². The van der Waals surface area contributed by atoms with Crippen molar-refractivity contribution in [3.8, 4) is 0 Å². The van der Waals surface area contributed by atoms with Gasteiger partial charge in [-0.2, -0.15) is 0 Å². The summed E-state index contributed by atoms with van der Waals surface area (Å²) in [5.41, 5.74) is 2.99. The lowest BCUT2D eigenvalue weighted by Gasteiger charge is -2.13. The number of Topliss-reactive ketones (excluding diaryl/α,β-unsaturated/α-hetero) is 1. The second kappa shape index (κ2) is 9.07. The minimum atomic E-state index is -0.314. The predicted octanol–water partition coefficient (Wildman–Crippen LogP) is 4.23. The average Bonchev–Trinajstić information content (AvgIpc) is 2.69. The molecule has 1 aromatic heterocycles. The summed E-state index contributed by atoms with van der Waals surface area (Å²) in [4.78, 5) is 32.2. The summed E-state index contributed by atoms with van der Waals surface area (Å²) in [6.07, 6.45) is 9.78. The second-order valence-electron chi connectivity index (χ2n) is 6.64. The number of rotatable bonds is 7. The quantitative estimate of drug-likeness (QED) is 0.567. The van der Waals surface area contributed by atoms with Crippen LogP contribution in [0.5, 0.6) is 0 Å². The zero-order chi connectivity index (χ0) is 19.1. The SMILES string of the molecule is CC(=O)c1ccc(NC(=O)c2ccnc(NCCC3=CCCCC3)n2)cc1. The molecule has 1 amide bonds. The van der Waals surface area contributed by atoms with E-state index in [0.717, 1.165) is 13.0 Å². The normalized spacial score (nSPS) is 13.6. The lowest BCUT2D eigenvalue weighted by Crippen LogP contribution is -2.16. The van der Waals surface area contributed by atoms with Gasteiger partial charge < -0.3 is 10.6 Å². The van der Waals surface area contributed by atoms with E-state index in [1.54, 1.807) is 36.5 Å². The summed E-state index contributed by atoms with van der Waals surface area (Å²) >= 11 is 0. The zero-order valence-corrected chi connectivity index (χ0v) is 15.5. The molecule has 0 saturated carbocycles. The number of hydrogen-bond donors (Lipinski definition) is 2. The molecule has 0 radical (unpaired) electrons. The van der Waals surface area contributed by atoms with Gasteiger partial charge in [-0.3, -0.25) is 9.59 Å². The fourth-order valence-electron chi connectivity index (χ4n) is 3.02. The third kappa shape index (κ3) is 5.48. The Labute approximate surface area is 159 Å². The smallest absolute Gasteiger partial charge is 0.274 e. The topological polar surface area (TPSA) is 84.0 Å². The Kier molecular flexibility index (Phi) is 6.30. The lowest BCUT2D eigenvalue weighted by molar-refractivity contribution is 0.101. The van der Waals surface area contributed by atoms with E-state index in [1.165, 1.54) is 38.2 Å². The van der Waals surface area contributed by atoms with Crippen LogP contribution < -0.4 is 10.6 Å². The van der Waals surface area contributed by atoms with Crippen molar-refractivity contribution in [1.82, 2.24) is 9.97 Å². The van der Waals surface area contributed by atoms with Crippen molar-refractivity contribution in [3.63, 3.8) is 0 Å². The summed E-state index contributed by atoms with van der Waals surface area (Å²) in [6, 6.07) is 8.35. The number of nitrogens with one attached hydrogen (secondary N) is 2. The molecule has 1 aromatic carbocycles. The third-order valence-corrected chi connectivity index (χ3v) is 4.55. The first-order valence-corrected chi connectivity index (χ1v) is 9.29. The summed E-state index contributed by atoms with van der Waals surface area (Å²) in [7, 11) is 0. The number of anilines is 2. The second-order valence-corrected chi connectivity index (χ2v) is 6.64. The molecule has 0 bridgehead atoms. The van der Waals surface area contributed by atoms with Crippen molar-refractivity contribution in [2.45, 2.75) is 39.0 Å². The lowest BCUT2D eigenvalue weighted by atomic mass is 9.97. The van der Waals surface area contributed by atoms with Gasteiger partial charge in [0.25, 0.3) is 5.91 Å². The van der Waals surface area contributed by atoms with Gasteiger partial charge in [-0.05, 0) is 69.4 Å². The molecule has 6 heteroatoms. The number of amides is 1. The van der Waals surface area contributed by atoms with Crippen molar-refractivity contribution in [2.75, 3.05) is 17.2 Å². The molecule has 0 saturated heterocycles. The molecule has 3 rings (SSSR count). The predicted molar refractivity (Wildman–Crippen MR) is 106 cm³/mol. The van der Waals surface area contributed by atoms with Crippen LogP contribution in [0.3, 0.4) is 0 Å². The number of aromatic nitrogens is 2. The molecule has 1 aliphatic carbocycles. The van der Waals surface area contributed by atoms with Crippen LogP contribution in [0.25, 0.3) is 0 Å². The third-order valence-electron chi connectivity index (χ3n) is 4.55. The van der Waals surface area contributed by atoms with Crippen LogP contribution in [-0.4, -0.2) is 28.2 Å². The number of benzene rings is 1. The van der Waals surface area contributed by atoms with Gasteiger partial charge in [-0.25, -0.2) is 9.97 Å². The maximum atomic E-state index is 12.4. The number of carbonyl (C=O) groups excluding carboxylic acids is 2. The van der Waals surface area contributed by atoms with E-state index in [0.29, 0.717) is 22.9 Å². The van der Waals surface area contributed by atoms with Crippen LogP contribution in [0.4, 0.5) is 11.6 Å². The van der Waals surface area contributed by atoms with E-state index in [9.17, 15) is 9.59 Å². The Hall–Kier alpha value is -3.02. The Morgan fingerprint density at radius 2 is 1.93 bits per heavy atom. The first kappa shape index (κ1) is 18.8. The van der Waals surface area contributed by atoms with Crippen LogP contribution in [0.15, 0.2) is 48.2 Å². The maximum Gasteiger partial charge on any atom is 0.274 e. The summed E-state index contributed by atoms with van der Waals surface area (Å²) in [5, 5.41) is 5.97. The highest BCUT2D eigenvalue weighted by Crippen LogP contribution is 2.19. The van der Waals surface area contributed by atoms with Gasteiger partial charge >= 0.3 is 0 Å². The van der Waals surface area contributed by atoms with E-state index < -0.39 is 0 Å². The highest BCUT2D eigenvalue weighted by Gasteiger charge is 2.10. The molecule has 2 aromatic rings. The molecule has 140 valence electrons. The van der Waals surface area contributed by atoms with Crippen molar-refractivity contribution >= 4 is 23.3 Å². The molecule has 0 fully saturated rings. The number of carbonyl (C=O) groups is 2. The Bertz CT molecular complexity index is 844. The van der Waals surface area contributed by atoms with Crippen LogP contribution >= 0.6 is 0 Å². The van der Waals surface area contributed by atoms with E-state index in [1.807, 2.05) is 0 Å². The minimum Gasteiger partial charge on any atom is -0.354 e. The highest BCUT2D eigenvalue weighted by atomic mass is 16.2. The van der Waals surface area contributed by atoms with Gasteiger partial charge in [0.1, 0.15) is 5.69 Å². The molecule has 1 aliphatic rings. The molecule has 0 spiro atoms. The molecule has 1 heterocycles. The van der Waals surface area contributed by atoms with Crippen LogP contribution in [0, 0.1) is 0 Å². The molecule has 6 nitrogen and oxygen atoms in total. The van der Waals surface area contributed by atoms with Crippen molar-refractivity contribution in [1.29, 1.82) is 0 Å². The minimum absolute atomic E-state index is 0.0108. The van der Waals surface area contributed by atoms with Crippen molar-refractivity contribution in [3.05, 3.63) is 59.4 Å². The largest absolute Gasteiger partial charge is 0.354 e. The van der Waals surface area contributed by atoms with Gasteiger partial charge in [-0.15, -0.1) is 0 Å². The highest BCUT2D eigenvalue weighted by molar-refractivity contribution is 6.03. The van der Waals surface area contributed by atoms with Crippen LogP contribution in [0.1, 0.15) is 59.9 Å². The fraction of sp³-hybridized carbons (Fsp3) is 0.333. The van der Waals surface area contributed by atoms with E-state index in [2.05, 4.69) is 26.7 Å². The van der Waals surface area contributed by atoms with Crippen LogP contribution in [-0.2, 0) is 0 Å². The maximum absolute atomic E-state index is 12.4. The molecule has 0 atom stereocenters. The first-order valence-electron chi connectivity index (χ1n) is 9.29. The zero-order valence-electron chi connectivity index (χ0n) is 15.5. The van der Waals surface area contributed by atoms with Gasteiger partial charge in [0.2, 0.25) is 5.95 Å². The molecule has 0 aliphatic heterocycles. The number of allylic oxidation sites excluding steroid dienone is 1. The van der Waals surface area contributed by atoms with E-state index in [4.69, 9.17) is 0 Å². The first-order chi connectivity index (χ1) is 13.1. The fourth-order valence-corrected chi connectivity index (χ4v) is 3.02. The molecule has 27 heavy (non-hydrogen) atoms. The number of hydrogen-bond acceptors (Lipinski definition) is 5. The molecular formula is C21H24N4O2. The standard InChI is InChI=1S/C21H24N4O2/c1-15(26)17-7-9-18(10-8-17)24-20(27)19-12-14-23-21(25-19)22-13-11-16-5-3-2-4-6-16/h5,7-10,12,14H,2-4,6,11,13H2,1H3,(H,24,27)(H,22,23,25). The van der Waals surface area contributed by atoms with E-state index in [-0.39, 0.29) is 11.7 Å². The number of ketones is 1. The molecular weight excluding hydrogens is 340 g/mol. The van der Waals surface area contributed by atoms with Gasteiger partial charge in [0.15, 0.2) is 5.78 Å². The number of nitrogens with zero attached hydrogens (tertiary/aromatic N) is 2. The molecule has 2 N–H and O–H groups in total. The van der Waals surface area contributed by atoms with Crippen molar-refractivity contribution in [2.24, 2.45) is 0 Å². The Morgan fingerprint density at radius 1 is 1.11 bits per heavy atom. The average molecular weight is 364 g/mol. The van der Waals surface area contributed by atoms with Crippen molar-refractivity contribution < 1.29 is 9.59 Å². The summed E-state index contributed by atoms with van der Waals surface area (Å²) < 4.78 is 0. The Morgan fingerprint density at radius 3 is 2.63 bits per heavy atom. The summed E-state index contributed by atoms with van der Waals surface area (Å²) in [6.45, 7) is 2.26. The van der Waals surface area contributed by atoms with Gasteiger partial charge in [-0.1, -0.05) is 11.6 Å². The van der Waals surface area contributed by atoms with Gasteiger partial charge in [0, 0.05) is 24.0 Å². The van der Waals surface area contributed by atoms with Crippen LogP contribution in [0.2, 0.25) is 0 Å². The van der Waals surface area contributed by atoms with Gasteiger partial charge in [0.05, 0.1) is 0 Å².